The molecule has 50 heavy (non-hydrogen) atoms. The summed E-state index contributed by atoms with van der Waals surface area (Å²) in [6.07, 6.45) is 0. The summed E-state index contributed by atoms with van der Waals surface area (Å²) in [5, 5.41) is 12.8. The van der Waals surface area contributed by atoms with Crippen molar-refractivity contribution in [1.82, 2.24) is 4.57 Å². The molecule has 0 spiro atoms. The molecule has 1 aliphatic rings. The fourth-order valence-electron chi connectivity index (χ4n) is 9.17. The van der Waals surface area contributed by atoms with Gasteiger partial charge in [-0.25, -0.2) is 0 Å². The summed E-state index contributed by atoms with van der Waals surface area (Å²) in [5.41, 5.74) is 11.5. The van der Waals surface area contributed by atoms with Gasteiger partial charge in [0.05, 0.1) is 16.7 Å². The van der Waals surface area contributed by atoms with Gasteiger partial charge in [-0.2, -0.15) is 0 Å². The van der Waals surface area contributed by atoms with Crippen LogP contribution in [0.1, 0.15) is 25.0 Å². The highest BCUT2D eigenvalue weighted by atomic mass is 15.0. The summed E-state index contributed by atoms with van der Waals surface area (Å²) in [4.78, 5) is 0. The first kappa shape index (κ1) is 27.7. The van der Waals surface area contributed by atoms with Gasteiger partial charge in [0.15, 0.2) is 0 Å². The van der Waals surface area contributed by atoms with Crippen LogP contribution in [0.3, 0.4) is 0 Å². The number of para-hydroxylation sites is 1. The van der Waals surface area contributed by atoms with Crippen LogP contribution in [0.5, 0.6) is 0 Å². The Bertz CT molecular complexity index is 2960. The summed E-state index contributed by atoms with van der Waals surface area (Å²) in [5.74, 6) is 0. The minimum atomic E-state index is -0.190. The lowest BCUT2D eigenvalue weighted by Crippen LogP contribution is -2.26. The van der Waals surface area contributed by atoms with Gasteiger partial charge in [-0.3, -0.25) is 0 Å². The van der Waals surface area contributed by atoms with Gasteiger partial charge >= 0.3 is 0 Å². The number of hydrogen-bond acceptors (Lipinski definition) is 0. The second-order valence-electron chi connectivity index (χ2n) is 14.5. The number of aromatic nitrogens is 1. The maximum absolute atomic E-state index is 2.54. The Morgan fingerprint density at radius 2 is 0.860 bits per heavy atom. The van der Waals surface area contributed by atoms with Crippen molar-refractivity contribution in [3.8, 4) is 27.9 Å². The molecule has 0 bridgehead atoms. The van der Waals surface area contributed by atoms with Gasteiger partial charge in [0.1, 0.15) is 0 Å². The fourth-order valence-corrected chi connectivity index (χ4v) is 9.17. The van der Waals surface area contributed by atoms with E-state index in [-0.39, 0.29) is 5.41 Å². The normalized spacial score (nSPS) is 13.6. The van der Waals surface area contributed by atoms with E-state index in [2.05, 4.69) is 182 Å². The Kier molecular flexibility index (Phi) is 5.51. The standard InChI is InChI=1S/C49H33N/c1-49(2)42-21-11-12-22-45(42)50-44-24-23-34(46-36-17-7-3-13-30(36)25-31-14-4-8-18-37(31)46)27-40(44)41-28-35(29-43(49)48(41)50)47-38-19-9-5-15-32(38)26-33-16-6-10-20-39(33)47/h3-29H,1-2H3. The van der Waals surface area contributed by atoms with Gasteiger partial charge in [0.25, 0.3) is 0 Å². The first-order valence-corrected chi connectivity index (χ1v) is 17.6. The first-order valence-electron chi connectivity index (χ1n) is 17.6. The van der Waals surface area contributed by atoms with Crippen LogP contribution in [0, 0.1) is 0 Å². The number of nitrogens with zero attached hydrogens (tertiary/aromatic N) is 1. The van der Waals surface area contributed by atoms with Crippen LogP contribution >= 0.6 is 0 Å². The molecule has 0 radical (unpaired) electrons. The molecule has 9 aromatic carbocycles. The van der Waals surface area contributed by atoms with Crippen molar-refractivity contribution in [2.45, 2.75) is 19.3 Å². The molecule has 11 rings (SSSR count). The molecule has 0 N–H and O–H groups in total. The highest BCUT2D eigenvalue weighted by Crippen LogP contribution is 2.51. The highest BCUT2D eigenvalue weighted by molar-refractivity contribution is 6.19. The number of rotatable bonds is 2. The van der Waals surface area contributed by atoms with E-state index in [9.17, 15) is 0 Å². The number of fused-ring (bicyclic) bond motifs is 9. The summed E-state index contributed by atoms with van der Waals surface area (Å²) in [6.45, 7) is 4.81. The van der Waals surface area contributed by atoms with Crippen molar-refractivity contribution in [3.05, 3.63) is 175 Å². The van der Waals surface area contributed by atoms with Crippen molar-refractivity contribution in [3.63, 3.8) is 0 Å². The molecule has 0 saturated heterocycles. The maximum Gasteiger partial charge on any atom is 0.0582 e. The number of hydrogen-bond donors (Lipinski definition) is 0. The lowest BCUT2D eigenvalue weighted by Gasteiger charge is -2.35. The molecule has 0 fully saturated rings. The molecule has 1 heteroatoms. The SMILES string of the molecule is CC1(C)c2ccccc2-n2c3ccc(-c4c5ccccc5cc5ccccc45)cc3c3cc(-c4c5ccccc5cc5ccccc45)cc1c32. The van der Waals surface area contributed by atoms with Crippen LogP contribution in [0.4, 0.5) is 0 Å². The Morgan fingerprint density at radius 1 is 0.380 bits per heavy atom. The van der Waals surface area contributed by atoms with Gasteiger partial charge in [0.2, 0.25) is 0 Å². The second-order valence-corrected chi connectivity index (χ2v) is 14.5. The lowest BCUT2D eigenvalue weighted by molar-refractivity contribution is 0.630. The molecule has 2 heterocycles. The van der Waals surface area contributed by atoms with Crippen LogP contribution in [0.2, 0.25) is 0 Å². The Morgan fingerprint density at radius 3 is 1.44 bits per heavy atom. The van der Waals surface area contributed by atoms with E-state index >= 15 is 0 Å². The molecule has 0 saturated carbocycles. The smallest absolute Gasteiger partial charge is 0.0582 e. The predicted octanol–water partition coefficient (Wildman–Crippen LogP) is 13.4. The molecule has 1 aromatic heterocycles. The summed E-state index contributed by atoms with van der Waals surface area (Å²) >= 11 is 0. The minimum Gasteiger partial charge on any atom is -0.309 e. The average molecular weight is 636 g/mol. The second kappa shape index (κ2) is 9.94. The lowest BCUT2D eigenvalue weighted by atomic mass is 9.73. The predicted molar refractivity (Wildman–Crippen MR) is 214 cm³/mol. The van der Waals surface area contributed by atoms with Crippen molar-refractivity contribution >= 4 is 64.9 Å². The molecule has 1 aliphatic heterocycles. The van der Waals surface area contributed by atoms with Gasteiger partial charge in [-0.05, 0) is 119 Å². The summed E-state index contributed by atoms with van der Waals surface area (Å²) in [7, 11) is 0. The fraction of sp³-hybridized carbons (Fsp3) is 0.0612. The molecule has 234 valence electrons. The third-order valence-electron chi connectivity index (χ3n) is 11.5. The highest BCUT2D eigenvalue weighted by Gasteiger charge is 2.36. The van der Waals surface area contributed by atoms with E-state index in [4.69, 9.17) is 0 Å². The van der Waals surface area contributed by atoms with Crippen LogP contribution in [-0.4, -0.2) is 4.57 Å². The zero-order chi connectivity index (χ0) is 33.1. The van der Waals surface area contributed by atoms with Crippen molar-refractivity contribution in [2.24, 2.45) is 0 Å². The third kappa shape index (κ3) is 3.67. The van der Waals surface area contributed by atoms with Gasteiger partial charge in [-0.1, -0.05) is 135 Å². The Balaban J connectivity index is 1.31. The van der Waals surface area contributed by atoms with E-state index in [1.165, 1.54) is 104 Å². The number of benzene rings is 9. The molecule has 0 aliphatic carbocycles. The van der Waals surface area contributed by atoms with E-state index in [0.717, 1.165) is 0 Å². The quantitative estimate of drug-likeness (QED) is 0.167. The van der Waals surface area contributed by atoms with Crippen LogP contribution in [0.15, 0.2) is 164 Å². The molecule has 1 nitrogen and oxygen atoms in total. The van der Waals surface area contributed by atoms with Crippen molar-refractivity contribution < 1.29 is 0 Å². The van der Waals surface area contributed by atoms with Crippen molar-refractivity contribution in [2.75, 3.05) is 0 Å². The summed E-state index contributed by atoms with van der Waals surface area (Å²) < 4.78 is 2.54. The van der Waals surface area contributed by atoms with E-state index < -0.39 is 0 Å². The van der Waals surface area contributed by atoms with E-state index in [1.54, 1.807) is 0 Å². The van der Waals surface area contributed by atoms with Gasteiger partial charge in [-0.15, -0.1) is 0 Å². The van der Waals surface area contributed by atoms with Gasteiger partial charge < -0.3 is 4.57 Å². The maximum atomic E-state index is 2.54. The molecular formula is C49H33N. The first-order chi connectivity index (χ1) is 24.6. The monoisotopic (exact) mass is 635 g/mol. The van der Waals surface area contributed by atoms with Crippen LogP contribution < -0.4 is 0 Å². The zero-order valence-corrected chi connectivity index (χ0v) is 28.0. The molecular weight excluding hydrogens is 603 g/mol. The van der Waals surface area contributed by atoms with Gasteiger partial charge in [0, 0.05) is 16.2 Å². The van der Waals surface area contributed by atoms with E-state index in [0.29, 0.717) is 0 Å². The average Bonchev–Trinajstić information content (AvgIpc) is 3.48. The van der Waals surface area contributed by atoms with E-state index in [1.807, 2.05) is 0 Å². The van der Waals surface area contributed by atoms with Crippen LogP contribution in [-0.2, 0) is 5.41 Å². The molecule has 0 unspecified atom stereocenters. The largest absolute Gasteiger partial charge is 0.309 e. The summed E-state index contributed by atoms with van der Waals surface area (Å²) in [6, 6.07) is 61.2. The Hall–Kier alpha value is -6.18. The molecule has 10 aromatic rings. The zero-order valence-electron chi connectivity index (χ0n) is 28.0. The topological polar surface area (TPSA) is 4.93 Å². The Labute approximate surface area is 290 Å². The third-order valence-corrected chi connectivity index (χ3v) is 11.5. The van der Waals surface area contributed by atoms with Crippen molar-refractivity contribution in [1.29, 1.82) is 0 Å². The molecule has 0 atom stereocenters. The minimum absolute atomic E-state index is 0.190. The molecule has 0 amide bonds. The van der Waals surface area contributed by atoms with Crippen LogP contribution in [0.25, 0.3) is 92.8 Å².